The number of hydrogen-bond donors (Lipinski definition) is 2. The molecule has 0 unspecified atom stereocenters. The number of nitrogens with zero attached hydrogens (tertiary/aromatic N) is 2. The predicted octanol–water partition coefficient (Wildman–Crippen LogP) is 0.137. The maximum Gasteiger partial charge on any atom is 0.332 e. The fourth-order valence-electron chi connectivity index (χ4n) is 1.56. The van der Waals surface area contributed by atoms with Crippen molar-refractivity contribution in [3.63, 3.8) is 0 Å². The molecule has 1 aromatic heterocycles. The molecule has 0 aliphatic heterocycles. The molecule has 6 nitrogen and oxygen atoms in total. The van der Waals surface area contributed by atoms with Gasteiger partial charge in [0.15, 0.2) is 0 Å². The van der Waals surface area contributed by atoms with Crippen LogP contribution in [0.4, 0.5) is 11.5 Å². The third-order valence-electron chi connectivity index (χ3n) is 2.45. The van der Waals surface area contributed by atoms with Crippen molar-refractivity contribution in [1.82, 2.24) is 9.13 Å². The number of nitrogens with one attached hydrogen (secondary N) is 1. The zero-order chi connectivity index (χ0) is 13.0. The quantitative estimate of drug-likeness (QED) is 0.715. The third kappa shape index (κ3) is 2.41. The van der Waals surface area contributed by atoms with Gasteiger partial charge in [-0.25, -0.2) is 4.79 Å². The Balaban J connectivity index is 3.44. The number of rotatable bonds is 5. The van der Waals surface area contributed by atoms with Gasteiger partial charge in [-0.05, 0) is 6.42 Å². The summed E-state index contributed by atoms with van der Waals surface area (Å²) in [6.07, 6.45) is 2.39. The normalized spacial score (nSPS) is 10.2. The minimum absolute atomic E-state index is 0.182. The van der Waals surface area contributed by atoms with Crippen LogP contribution in [0.2, 0.25) is 0 Å². The Labute approximate surface area is 99.4 Å². The van der Waals surface area contributed by atoms with Crippen LogP contribution < -0.4 is 22.3 Å². The first-order chi connectivity index (χ1) is 8.04. The van der Waals surface area contributed by atoms with Gasteiger partial charge in [0.2, 0.25) is 0 Å². The lowest BCUT2D eigenvalue weighted by Crippen LogP contribution is -2.40. The largest absolute Gasteiger partial charge is 0.383 e. The molecule has 0 aromatic carbocycles. The van der Waals surface area contributed by atoms with E-state index in [0.717, 1.165) is 11.0 Å². The van der Waals surface area contributed by atoms with Gasteiger partial charge in [-0.2, -0.15) is 0 Å². The second kappa shape index (κ2) is 5.38. The van der Waals surface area contributed by atoms with Crippen molar-refractivity contribution in [2.24, 2.45) is 7.05 Å². The number of hydrogen-bond acceptors (Lipinski definition) is 4. The van der Waals surface area contributed by atoms with Gasteiger partial charge in [0.25, 0.3) is 5.56 Å². The highest BCUT2D eigenvalue weighted by Crippen LogP contribution is 2.10. The maximum absolute atomic E-state index is 11.8. The average molecular weight is 238 g/mol. The number of anilines is 2. The highest BCUT2D eigenvalue weighted by atomic mass is 16.2. The zero-order valence-corrected chi connectivity index (χ0v) is 10.2. The minimum atomic E-state index is -0.415. The van der Waals surface area contributed by atoms with Crippen molar-refractivity contribution < 1.29 is 0 Å². The van der Waals surface area contributed by atoms with E-state index in [4.69, 9.17) is 5.73 Å². The molecule has 0 aliphatic rings. The summed E-state index contributed by atoms with van der Waals surface area (Å²) in [5, 5.41) is 2.86. The second-order valence-corrected chi connectivity index (χ2v) is 3.73. The lowest BCUT2D eigenvalue weighted by atomic mass is 10.4. The summed E-state index contributed by atoms with van der Waals surface area (Å²) >= 11 is 0. The molecule has 17 heavy (non-hydrogen) atoms. The van der Waals surface area contributed by atoms with E-state index in [1.807, 2.05) is 6.92 Å². The molecule has 6 heteroatoms. The van der Waals surface area contributed by atoms with Gasteiger partial charge < -0.3 is 11.1 Å². The van der Waals surface area contributed by atoms with E-state index in [9.17, 15) is 9.59 Å². The van der Waals surface area contributed by atoms with Crippen LogP contribution >= 0.6 is 0 Å². The first-order valence-corrected chi connectivity index (χ1v) is 5.48. The van der Waals surface area contributed by atoms with Gasteiger partial charge in [0, 0.05) is 20.1 Å². The number of aromatic nitrogens is 2. The summed E-state index contributed by atoms with van der Waals surface area (Å²) in [6.45, 7) is 6.40. The van der Waals surface area contributed by atoms with E-state index in [2.05, 4.69) is 11.9 Å². The van der Waals surface area contributed by atoms with E-state index in [0.29, 0.717) is 13.1 Å². The highest BCUT2D eigenvalue weighted by molar-refractivity contribution is 5.60. The van der Waals surface area contributed by atoms with E-state index in [-0.39, 0.29) is 11.5 Å². The summed E-state index contributed by atoms with van der Waals surface area (Å²) in [5.41, 5.74) is 5.28. The Morgan fingerprint density at radius 1 is 1.47 bits per heavy atom. The summed E-state index contributed by atoms with van der Waals surface area (Å²) in [7, 11) is 1.44. The molecule has 0 spiro atoms. The Hall–Kier alpha value is -1.98. The van der Waals surface area contributed by atoms with Gasteiger partial charge in [0.05, 0.1) is 0 Å². The molecule has 1 heterocycles. The highest BCUT2D eigenvalue weighted by Gasteiger charge is 2.13. The van der Waals surface area contributed by atoms with E-state index < -0.39 is 11.2 Å². The number of nitrogen functional groups attached to an aromatic ring is 1. The van der Waals surface area contributed by atoms with Crippen molar-refractivity contribution in [2.45, 2.75) is 19.9 Å². The fraction of sp³-hybridized carbons (Fsp3) is 0.455. The lowest BCUT2D eigenvalue weighted by molar-refractivity contribution is 0.601. The van der Waals surface area contributed by atoms with Crippen LogP contribution in [0.5, 0.6) is 0 Å². The van der Waals surface area contributed by atoms with E-state index in [1.54, 1.807) is 6.08 Å². The third-order valence-corrected chi connectivity index (χ3v) is 2.45. The summed E-state index contributed by atoms with van der Waals surface area (Å²) in [5.74, 6) is 0.182. The second-order valence-electron chi connectivity index (χ2n) is 3.73. The maximum atomic E-state index is 11.8. The zero-order valence-electron chi connectivity index (χ0n) is 10.2. The smallest absolute Gasteiger partial charge is 0.332 e. The number of nitrogens with two attached hydrogens (primary N) is 1. The fourth-order valence-corrected chi connectivity index (χ4v) is 1.56. The van der Waals surface area contributed by atoms with Crippen molar-refractivity contribution in [2.75, 3.05) is 17.6 Å². The van der Waals surface area contributed by atoms with Gasteiger partial charge in [0.1, 0.15) is 11.5 Å². The molecule has 0 saturated carbocycles. The molecule has 3 N–H and O–H groups in total. The van der Waals surface area contributed by atoms with Crippen LogP contribution in [0.1, 0.15) is 13.3 Å². The van der Waals surface area contributed by atoms with E-state index >= 15 is 0 Å². The van der Waals surface area contributed by atoms with Crippen LogP contribution in [-0.2, 0) is 13.6 Å². The van der Waals surface area contributed by atoms with Gasteiger partial charge >= 0.3 is 5.69 Å². The van der Waals surface area contributed by atoms with Gasteiger partial charge in [-0.3, -0.25) is 13.9 Å². The molecule has 0 saturated heterocycles. The molecular weight excluding hydrogens is 220 g/mol. The molecule has 0 amide bonds. The first-order valence-electron chi connectivity index (χ1n) is 5.48. The van der Waals surface area contributed by atoms with Crippen molar-refractivity contribution in [1.29, 1.82) is 0 Å². The Morgan fingerprint density at radius 3 is 2.65 bits per heavy atom. The Morgan fingerprint density at radius 2 is 2.12 bits per heavy atom. The molecule has 0 bridgehead atoms. The van der Waals surface area contributed by atoms with Crippen LogP contribution in [0, 0.1) is 0 Å². The standard InChI is InChI=1S/C11H18N4O2/c1-4-6-13-8-9(12)15(7-5-2)11(17)14(3)10(8)16/h4,13H,1,5-7,12H2,2-3H3. The molecule has 1 rings (SSSR count). The lowest BCUT2D eigenvalue weighted by Gasteiger charge is -2.14. The molecule has 0 radical (unpaired) electrons. The molecular formula is C11H18N4O2. The molecule has 94 valence electrons. The molecule has 1 aromatic rings. The summed E-state index contributed by atoms with van der Waals surface area (Å²) in [6, 6.07) is 0. The molecule has 0 aliphatic carbocycles. The van der Waals surface area contributed by atoms with Gasteiger partial charge in [-0.15, -0.1) is 6.58 Å². The SMILES string of the molecule is C=CCNc1c(N)n(CCC)c(=O)n(C)c1=O. The van der Waals surface area contributed by atoms with Crippen LogP contribution in [0.25, 0.3) is 0 Å². The summed E-state index contributed by atoms with van der Waals surface area (Å²) < 4.78 is 2.45. The first kappa shape index (κ1) is 13.1. The Bertz CT molecular complexity index is 527. The van der Waals surface area contributed by atoms with Gasteiger partial charge in [-0.1, -0.05) is 13.0 Å². The van der Waals surface area contributed by atoms with Crippen LogP contribution in [-0.4, -0.2) is 15.7 Å². The minimum Gasteiger partial charge on any atom is -0.383 e. The van der Waals surface area contributed by atoms with Crippen LogP contribution in [0.15, 0.2) is 22.2 Å². The predicted molar refractivity (Wildman–Crippen MR) is 69.3 cm³/mol. The molecule has 0 atom stereocenters. The van der Waals surface area contributed by atoms with Crippen molar-refractivity contribution >= 4 is 11.5 Å². The van der Waals surface area contributed by atoms with Crippen LogP contribution in [0.3, 0.4) is 0 Å². The van der Waals surface area contributed by atoms with E-state index in [1.165, 1.54) is 11.6 Å². The Kier molecular flexibility index (Phi) is 4.14. The summed E-state index contributed by atoms with van der Waals surface area (Å²) in [4.78, 5) is 23.7. The van der Waals surface area contributed by atoms with Crippen molar-refractivity contribution in [3.8, 4) is 0 Å². The monoisotopic (exact) mass is 238 g/mol. The molecule has 0 fully saturated rings. The van der Waals surface area contributed by atoms with Crippen molar-refractivity contribution in [3.05, 3.63) is 33.5 Å². The topological polar surface area (TPSA) is 82.0 Å². The average Bonchev–Trinajstić information content (AvgIpc) is 2.32.